The highest BCUT2D eigenvalue weighted by Gasteiger charge is 2.26. The van der Waals surface area contributed by atoms with E-state index < -0.39 is 0 Å². The first-order valence-electron chi connectivity index (χ1n) is 8.40. The molecule has 0 radical (unpaired) electrons. The standard InChI is InChI=1S/C20H18N2O2S2/c1-21(20(24)18-7-4-11-25-18)16-6-3-2-5-15(16)19(23)22-10-8-17-14(13-22)9-12-26-17/h2-7,9,11-12H,8,10,13H2,1H3. The molecule has 2 aromatic heterocycles. The van der Waals surface area contributed by atoms with Gasteiger partial charge in [0.15, 0.2) is 0 Å². The summed E-state index contributed by atoms with van der Waals surface area (Å²) in [5.74, 6) is -0.123. The minimum absolute atomic E-state index is 0.0247. The van der Waals surface area contributed by atoms with Crippen LogP contribution >= 0.6 is 22.7 Å². The predicted octanol–water partition coefficient (Wildman–Crippen LogP) is 4.28. The maximum absolute atomic E-state index is 13.2. The molecular formula is C20H18N2O2S2. The molecule has 0 saturated heterocycles. The van der Waals surface area contributed by atoms with E-state index in [1.54, 1.807) is 35.4 Å². The van der Waals surface area contributed by atoms with Crippen molar-refractivity contribution in [2.24, 2.45) is 0 Å². The Kier molecular flexibility index (Phi) is 4.61. The molecule has 0 saturated carbocycles. The minimum Gasteiger partial charge on any atom is -0.334 e. The van der Waals surface area contributed by atoms with E-state index in [1.165, 1.54) is 21.8 Å². The van der Waals surface area contributed by atoms with E-state index in [-0.39, 0.29) is 11.8 Å². The van der Waals surface area contributed by atoms with Crippen molar-refractivity contribution < 1.29 is 9.59 Å². The summed E-state index contributed by atoms with van der Waals surface area (Å²) in [5.41, 5.74) is 2.45. The fourth-order valence-electron chi connectivity index (χ4n) is 3.21. The van der Waals surface area contributed by atoms with Crippen LogP contribution in [0.4, 0.5) is 5.69 Å². The Morgan fingerprint density at radius 1 is 1.04 bits per heavy atom. The van der Waals surface area contributed by atoms with Crippen molar-refractivity contribution in [2.45, 2.75) is 13.0 Å². The molecule has 2 amide bonds. The quantitative estimate of drug-likeness (QED) is 0.678. The summed E-state index contributed by atoms with van der Waals surface area (Å²) >= 11 is 3.16. The van der Waals surface area contributed by atoms with Gasteiger partial charge in [0.1, 0.15) is 0 Å². The number of para-hydroxylation sites is 1. The van der Waals surface area contributed by atoms with Gasteiger partial charge in [-0.1, -0.05) is 18.2 Å². The molecule has 0 bridgehead atoms. The van der Waals surface area contributed by atoms with E-state index in [9.17, 15) is 9.59 Å². The number of hydrogen-bond acceptors (Lipinski definition) is 4. The highest BCUT2D eigenvalue weighted by molar-refractivity contribution is 7.12. The lowest BCUT2D eigenvalue weighted by Crippen LogP contribution is -2.37. The number of anilines is 1. The van der Waals surface area contributed by atoms with Crippen molar-refractivity contribution in [3.05, 3.63) is 74.1 Å². The van der Waals surface area contributed by atoms with Crippen molar-refractivity contribution in [1.82, 2.24) is 4.90 Å². The lowest BCUT2D eigenvalue weighted by atomic mass is 10.1. The van der Waals surface area contributed by atoms with E-state index in [4.69, 9.17) is 0 Å². The Balaban J connectivity index is 1.61. The third kappa shape index (κ3) is 3.06. The first kappa shape index (κ1) is 17.0. The smallest absolute Gasteiger partial charge is 0.268 e. The molecule has 0 spiro atoms. The molecule has 0 N–H and O–H groups in total. The van der Waals surface area contributed by atoms with E-state index in [2.05, 4.69) is 11.4 Å². The van der Waals surface area contributed by atoms with E-state index >= 15 is 0 Å². The van der Waals surface area contributed by atoms with E-state index in [0.717, 1.165) is 6.42 Å². The summed E-state index contributed by atoms with van der Waals surface area (Å²) in [6.45, 7) is 1.35. The molecule has 0 fully saturated rings. The normalized spacial score (nSPS) is 13.3. The number of fused-ring (bicyclic) bond motifs is 1. The van der Waals surface area contributed by atoms with Crippen molar-refractivity contribution >= 4 is 40.2 Å². The van der Waals surface area contributed by atoms with Crippen molar-refractivity contribution in [2.75, 3.05) is 18.5 Å². The lowest BCUT2D eigenvalue weighted by molar-refractivity contribution is 0.0736. The molecule has 1 aromatic carbocycles. The summed E-state index contributed by atoms with van der Waals surface area (Å²) in [6, 6.07) is 13.1. The first-order chi connectivity index (χ1) is 12.6. The minimum atomic E-state index is -0.0981. The summed E-state index contributed by atoms with van der Waals surface area (Å²) in [4.78, 5) is 31.3. The molecule has 4 rings (SSSR count). The van der Waals surface area contributed by atoms with Gasteiger partial charge in [-0.2, -0.15) is 0 Å². The number of benzene rings is 1. The molecule has 3 aromatic rings. The largest absolute Gasteiger partial charge is 0.334 e. The van der Waals surface area contributed by atoms with Gasteiger partial charge in [-0.15, -0.1) is 22.7 Å². The second-order valence-corrected chi connectivity index (χ2v) is 8.15. The van der Waals surface area contributed by atoms with Gasteiger partial charge in [0, 0.05) is 25.0 Å². The van der Waals surface area contributed by atoms with Crippen LogP contribution in [0.5, 0.6) is 0 Å². The van der Waals surface area contributed by atoms with E-state index in [0.29, 0.717) is 29.2 Å². The van der Waals surface area contributed by atoms with Crippen LogP contribution in [0, 0.1) is 0 Å². The number of hydrogen-bond donors (Lipinski definition) is 0. The monoisotopic (exact) mass is 382 g/mol. The average Bonchev–Trinajstić information content (AvgIpc) is 3.37. The summed E-state index contributed by atoms with van der Waals surface area (Å²) in [5, 5.41) is 3.96. The number of carbonyl (C=O) groups is 2. The Bertz CT molecular complexity index is 946. The highest BCUT2D eigenvalue weighted by Crippen LogP contribution is 2.28. The molecule has 0 unspecified atom stereocenters. The number of carbonyl (C=O) groups excluding carboxylic acids is 2. The fourth-order valence-corrected chi connectivity index (χ4v) is 4.80. The zero-order valence-electron chi connectivity index (χ0n) is 14.3. The van der Waals surface area contributed by atoms with Crippen LogP contribution in [-0.2, 0) is 13.0 Å². The topological polar surface area (TPSA) is 40.6 Å². The Morgan fingerprint density at radius 2 is 1.88 bits per heavy atom. The molecule has 0 atom stereocenters. The molecule has 4 nitrogen and oxygen atoms in total. The Morgan fingerprint density at radius 3 is 2.69 bits per heavy atom. The van der Waals surface area contributed by atoms with Gasteiger partial charge >= 0.3 is 0 Å². The van der Waals surface area contributed by atoms with Gasteiger partial charge < -0.3 is 9.80 Å². The molecule has 0 aliphatic carbocycles. The number of nitrogens with zero attached hydrogens (tertiary/aromatic N) is 2. The third-order valence-electron chi connectivity index (χ3n) is 4.63. The second-order valence-electron chi connectivity index (χ2n) is 6.20. The number of rotatable bonds is 3. The molecule has 1 aliphatic rings. The number of amides is 2. The van der Waals surface area contributed by atoms with Gasteiger partial charge in [0.2, 0.25) is 0 Å². The second kappa shape index (κ2) is 7.05. The molecular weight excluding hydrogens is 364 g/mol. The van der Waals surface area contributed by atoms with Gasteiger partial charge in [0.05, 0.1) is 16.1 Å². The first-order valence-corrected chi connectivity index (χ1v) is 10.2. The van der Waals surface area contributed by atoms with Crippen LogP contribution in [0.15, 0.2) is 53.2 Å². The van der Waals surface area contributed by atoms with Gasteiger partial charge in [0.25, 0.3) is 11.8 Å². The molecule has 1 aliphatic heterocycles. The molecule has 132 valence electrons. The Labute approximate surface area is 160 Å². The third-order valence-corrected chi connectivity index (χ3v) is 6.51. The van der Waals surface area contributed by atoms with Crippen LogP contribution in [0.3, 0.4) is 0 Å². The zero-order chi connectivity index (χ0) is 18.1. The van der Waals surface area contributed by atoms with Crippen LogP contribution < -0.4 is 4.90 Å². The summed E-state index contributed by atoms with van der Waals surface area (Å²) < 4.78 is 0. The van der Waals surface area contributed by atoms with Crippen molar-refractivity contribution in [3.8, 4) is 0 Å². The van der Waals surface area contributed by atoms with E-state index in [1.807, 2.05) is 34.5 Å². The van der Waals surface area contributed by atoms with Crippen molar-refractivity contribution in [1.29, 1.82) is 0 Å². The fraction of sp³-hybridized carbons (Fsp3) is 0.200. The Hall–Kier alpha value is -2.44. The van der Waals surface area contributed by atoms with Crippen molar-refractivity contribution in [3.63, 3.8) is 0 Å². The van der Waals surface area contributed by atoms with Crippen LogP contribution in [0.2, 0.25) is 0 Å². The van der Waals surface area contributed by atoms with Crippen LogP contribution in [0.25, 0.3) is 0 Å². The van der Waals surface area contributed by atoms with Crippen LogP contribution in [0.1, 0.15) is 30.5 Å². The maximum atomic E-state index is 13.2. The average molecular weight is 383 g/mol. The summed E-state index contributed by atoms with van der Waals surface area (Å²) in [6.07, 6.45) is 0.894. The van der Waals surface area contributed by atoms with Gasteiger partial charge in [-0.05, 0) is 47.0 Å². The SMILES string of the molecule is CN(C(=O)c1cccs1)c1ccccc1C(=O)N1CCc2sccc2C1. The molecule has 3 heterocycles. The summed E-state index contributed by atoms with van der Waals surface area (Å²) in [7, 11) is 1.72. The lowest BCUT2D eigenvalue weighted by Gasteiger charge is -2.29. The highest BCUT2D eigenvalue weighted by atomic mass is 32.1. The number of thiophene rings is 2. The maximum Gasteiger partial charge on any atom is 0.268 e. The van der Waals surface area contributed by atoms with Crippen LogP contribution in [-0.4, -0.2) is 30.3 Å². The predicted molar refractivity (Wildman–Crippen MR) is 106 cm³/mol. The zero-order valence-corrected chi connectivity index (χ0v) is 16.0. The van der Waals surface area contributed by atoms with Gasteiger partial charge in [-0.3, -0.25) is 9.59 Å². The molecule has 6 heteroatoms. The molecule has 26 heavy (non-hydrogen) atoms. The van der Waals surface area contributed by atoms with Gasteiger partial charge in [-0.25, -0.2) is 0 Å².